The second kappa shape index (κ2) is 8.13. The summed E-state index contributed by atoms with van der Waals surface area (Å²) >= 11 is 0. The Labute approximate surface area is 149 Å². The van der Waals surface area contributed by atoms with Gasteiger partial charge >= 0.3 is 6.09 Å². The van der Waals surface area contributed by atoms with Gasteiger partial charge in [-0.1, -0.05) is 13.3 Å². The number of hydrogen-bond acceptors (Lipinski definition) is 4. The predicted molar refractivity (Wildman–Crippen MR) is 93.5 cm³/mol. The summed E-state index contributed by atoms with van der Waals surface area (Å²) in [6.07, 6.45) is 4.79. The van der Waals surface area contributed by atoms with Crippen molar-refractivity contribution in [3.8, 4) is 0 Å². The second-order valence-electron chi connectivity index (χ2n) is 7.81. The highest BCUT2D eigenvalue weighted by Crippen LogP contribution is 2.33. The van der Waals surface area contributed by atoms with Crippen LogP contribution in [0.25, 0.3) is 0 Å². The van der Waals surface area contributed by atoms with Crippen LogP contribution in [0, 0.1) is 11.7 Å². The van der Waals surface area contributed by atoms with Crippen LogP contribution in [0.4, 0.5) is 9.18 Å². The van der Waals surface area contributed by atoms with Gasteiger partial charge in [0.1, 0.15) is 17.5 Å². The average molecular weight is 352 g/mol. The van der Waals surface area contributed by atoms with Crippen molar-refractivity contribution in [3.05, 3.63) is 29.8 Å². The van der Waals surface area contributed by atoms with Gasteiger partial charge in [-0.05, 0) is 52.0 Å². The molecule has 1 fully saturated rings. The van der Waals surface area contributed by atoms with Gasteiger partial charge in [-0.2, -0.15) is 0 Å². The molecule has 1 N–H and O–H groups in total. The topological polar surface area (TPSA) is 62.7 Å². The number of piperidine rings is 1. The minimum absolute atomic E-state index is 0.382. The van der Waals surface area contributed by atoms with Crippen LogP contribution in [0.15, 0.2) is 18.5 Å². The molecule has 1 aliphatic rings. The molecule has 0 aromatic carbocycles. The largest absolute Gasteiger partial charge is 0.444 e. The van der Waals surface area contributed by atoms with Crippen LogP contribution in [-0.2, 0) is 4.74 Å². The number of aliphatic hydroxyl groups is 1. The molecule has 1 aromatic rings. The molecule has 0 spiro atoms. The van der Waals surface area contributed by atoms with E-state index in [1.54, 1.807) is 4.90 Å². The molecule has 6 heteroatoms. The van der Waals surface area contributed by atoms with E-state index < -0.39 is 29.7 Å². The number of carbonyl (C=O) groups is 1. The van der Waals surface area contributed by atoms with Gasteiger partial charge in [0, 0.05) is 18.3 Å². The van der Waals surface area contributed by atoms with Crippen molar-refractivity contribution in [3.63, 3.8) is 0 Å². The van der Waals surface area contributed by atoms with Crippen molar-refractivity contribution < 1.29 is 19.0 Å². The summed E-state index contributed by atoms with van der Waals surface area (Å²) in [5, 5.41) is 10.7. The Kier molecular flexibility index (Phi) is 6.38. The number of likely N-dealkylation sites (tertiary alicyclic amines) is 1. The van der Waals surface area contributed by atoms with Crippen LogP contribution < -0.4 is 0 Å². The van der Waals surface area contributed by atoms with E-state index in [1.807, 2.05) is 20.8 Å². The normalized spacial score (nSPS) is 22.6. The fraction of sp³-hybridized carbons (Fsp3) is 0.684. The maximum Gasteiger partial charge on any atom is 0.410 e. The summed E-state index contributed by atoms with van der Waals surface area (Å²) in [4.78, 5) is 18.1. The number of ether oxygens (including phenoxy) is 1. The van der Waals surface area contributed by atoms with E-state index in [0.29, 0.717) is 24.4 Å². The highest BCUT2D eigenvalue weighted by molar-refractivity contribution is 5.69. The zero-order valence-electron chi connectivity index (χ0n) is 15.5. The Morgan fingerprint density at radius 2 is 2.16 bits per heavy atom. The van der Waals surface area contributed by atoms with Crippen LogP contribution in [0.3, 0.4) is 0 Å². The SMILES string of the molecule is CCC[C@@H]1CC[C@H]([C@H](O)c2cncc(F)c2)N(C(=O)OC(C)(C)C)C1. The number of rotatable bonds is 4. The fourth-order valence-electron chi connectivity index (χ4n) is 3.38. The molecule has 1 amide bonds. The van der Waals surface area contributed by atoms with E-state index in [0.717, 1.165) is 25.5 Å². The summed E-state index contributed by atoms with van der Waals surface area (Å²) in [5.41, 5.74) is -0.225. The summed E-state index contributed by atoms with van der Waals surface area (Å²) in [6, 6.07) is 0.829. The Morgan fingerprint density at radius 3 is 2.76 bits per heavy atom. The standard InChI is InChI=1S/C19H29FN2O3/c1-5-6-13-7-8-16(17(23)14-9-15(20)11-21-10-14)22(12-13)18(24)25-19(2,3)4/h9-11,13,16-17,23H,5-8,12H2,1-4H3/t13-,16-,17-/m1/s1. The third-order valence-electron chi connectivity index (χ3n) is 4.48. The number of aliphatic hydroxyl groups excluding tert-OH is 1. The van der Waals surface area contributed by atoms with Crippen LogP contribution in [-0.4, -0.2) is 39.3 Å². The summed E-state index contributed by atoms with van der Waals surface area (Å²) in [7, 11) is 0. The third kappa shape index (κ3) is 5.39. The lowest BCUT2D eigenvalue weighted by atomic mass is 9.86. The molecule has 1 aliphatic heterocycles. The van der Waals surface area contributed by atoms with Crippen LogP contribution in [0.5, 0.6) is 0 Å². The highest BCUT2D eigenvalue weighted by atomic mass is 19.1. The van der Waals surface area contributed by atoms with Gasteiger partial charge in [0.15, 0.2) is 0 Å². The van der Waals surface area contributed by atoms with Gasteiger partial charge in [-0.15, -0.1) is 0 Å². The zero-order valence-corrected chi connectivity index (χ0v) is 15.5. The van der Waals surface area contributed by atoms with Crippen molar-refractivity contribution in [1.82, 2.24) is 9.88 Å². The maximum atomic E-state index is 13.5. The first-order chi connectivity index (χ1) is 11.7. The first-order valence-electron chi connectivity index (χ1n) is 8.99. The third-order valence-corrected chi connectivity index (χ3v) is 4.48. The van der Waals surface area contributed by atoms with E-state index in [9.17, 15) is 14.3 Å². The van der Waals surface area contributed by atoms with Crippen LogP contribution in [0.2, 0.25) is 0 Å². The quantitative estimate of drug-likeness (QED) is 0.887. The molecule has 1 saturated heterocycles. The van der Waals surface area contributed by atoms with E-state index in [2.05, 4.69) is 11.9 Å². The summed E-state index contributed by atoms with van der Waals surface area (Å²) in [5.74, 6) is -0.105. The number of nitrogens with zero attached hydrogens (tertiary/aromatic N) is 2. The van der Waals surface area contributed by atoms with E-state index in [1.165, 1.54) is 12.3 Å². The van der Waals surface area contributed by atoms with E-state index in [4.69, 9.17) is 4.74 Å². The second-order valence-corrected chi connectivity index (χ2v) is 7.81. The number of pyridine rings is 1. The Balaban J connectivity index is 2.22. The molecule has 0 saturated carbocycles. The molecule has 0 aliphatic carbocycles. The molecular weight excluding hydrogens is 323 g/mol. The number of hydrogen-bond donors (Lipinski definition) is 1. The van der Waals surface area contributed by atoms with Gasteiger partial charge in [0.25, 0.3) is 0 Å². The van der Waals surface area contributed by atoms with Crippen molar-refractivity contribution in [2.75, 3.05) is 6.54 Å². The number of amides is 1. The molecule has 2 rings (SSSR count). The molecule has 5 nitrogen and oxygen atoms in total. The molecule has 3 atom stereocenters. The first-order valence-corrected chi connectivity index (χ1v) is 8.99. The summed E-state index contributed by atoms with van der Waals surface area (Å²) < 4.78 is 19.0. The molecule has 1 aromatic heterocycles. The Morgan fingerprint density at radius 1 is 1.44 bits per heavy atom. The summed E-state index contributed by atoms with van der Waals surface area (Å²) in [6.45, 7) is 8.13. The van der Waals surface area contributed by atoms with Crippen molar-refractivity contribution in [2.45, 2.75) is 71.1 Å². The molecular formula is C19H29FN2O3. The van der Waals surface area contributed by atoms with Gasteiger partial charge in [-0.25, -0.2) is 9.18 Å². The van der Waals surface area contributed by atoms with E-state index in [-0.39, 0.29) is 0 Å². The molecule has 0 unspecified atom stereocenters. The first kappa shape index (κ1) is 19.6. The zero-order chi connectivity index (χ0) is 18.6. The monoisotopic (exact) mass is 352 g/mol. The predicted octanol–water partition coefficient (Wildman–Crippen LogP) is 4.07. The van der Waals surface area contributed by atoms with Crippen molar-refractivity contribution in [1.29, 1.82) is 0 Å². The lowest BCUT2D eigenvalue weighted by Gasteiger charge is -2.42. The Hall–Kier alpha value is -1.69. The number of halogens is 1. The lowest BCUT2D eigenvalue weighted by Crippen LogP contribution is -2.51. The molecule has 25 heavy (non-hydrogen) atoms. The van der Waals surface area contributed by atoms with Gasteiger partial charge in [0.05, 0.1) is 12.2 Å². The molecule has 140 valence electrons. The fourth-order valence-corrected chi connectivity index (χ4v) is 3.38. The lowest BCUT2D eigenvalue weighted by molar-refractivity contribution is -0.0268. The number of aromatic nitrogens is 1. The average Bonchev–Trinajstić information content (AvgIpc) is 2.53. The van der Waals surface area contributed by atoms with Crippen LogP contribution in [0.1, 0.15) is 65.0 Å². The van der Waals surface area contributed by atoms with Gasteiger partial charge < -0.3 is 14.7 Å². The van der Waals surface area contributed by atoms with Gasteiger partial charge in [0.2, 0.25) is 0 Å². The smallest absolute Gasteiger partial charge is 0.410 e. The minimum atomic E-state index is -0.988. The van der Waals surface area contributed by atoms with Crippen molar-refractivity contribution >= 4 is 6.09 Å². The maximum absolute atomic E-state index is 13.5. The van der Waals surface area contributed by atoms with Gasteiger partial charge in [-0.3, -0.25) is 4.98 Å². The molecule has 2 heterocycles. The molecule has 0 radical (unpaired) electrons. The number of carbonyl (C=O) groups excluding carboxylic acids is 1. The highest BCUT2D eigenvalue weighted by Gasteiger charge is 2.38. The Bertz CT molecular complexity index is 588. The van der Waals surface area contributed by atoms with E-state index >= 15 is 0 Å². The molecule has 0 bridgehead atoms. The van der Waals surface area contributed by atoms with Crippen LogP contribution >= 0.6 is 0 Å². The van der Waals surface area contributed by atoms with Crippen molar-refractivity contribution in [2.24, 2.45) is 5.92 Å². The minimum Gasteiger partial charge on any atom is -0.444 e.